The maximum absolute atomic E-state index is 10.8. The molecule has 1 atom stereocenters. The van der Waals surface area contributed by atoms with Gasteiger partial charge >= 0.3 is 5.97 Å². The number of hydrogen-bond donors (Lipinski definition) is 1. The molecule has 0 aromatic heterocycles. The van der Waals surface area contributed by atoms with E-state index in [0.717, 1.165) is 11.1 Å². The molecular weight excluding hydrogens is 178 g/mol. The van der Waals surface area contributed by atoms with Crippen molar-refractivity contribution in [2.75, 3.05) is 5.73 Å². The van der Waals surface area contributed by atoms with Gasteiger partial charge in [-0.15, -0.1) is 0 Å². The first-order chi connectivity index (χ1) is 6.52. The number of carbonyl (C=O) groups excluding carboxylic acids is 1. The van der Waals surface area contributed by atoms with Crippen molar-refractivity contribution in [3.05, 3.63) is 29.3 Å². The Morgan fingerprint density at radius 1 is 1.50 bits per heavy atom. The summed E-state index contributed by atoms with van der Waals surface area (Å²) in [6.45, 7) is 5.16. The Morgan fingerprint density at radius 3 is 2.64 bits per heavy atom. The maximum Gasteiger partial charge on any atom is 0.303 e. The number of anilines is 1. The lowest BCUT2D eigenvalue weighted by Crippen LogP contribution is -2.08. The minimum atomic E-state index is -0.292. The molecule has 1 aromatic carbocycles. The Hall–Kier alpha value is -1.51. The van der Waals surface area contributed by atoms with Crippen LogP contribution in [-0.2, 0) is 9.53 Å². The third kappa shape index (κ3) is 2.25. The first-order valence-electron chi connectivity index (χ1n) is 4.54. The van der Waals surface area contributed by atoms with Gasteiger partial charge in [0.1, 0.15) is 6.10 Å². The highest BCUT2D eigenvalue weighted by Crippen LogP contribution is 2.26. The highest BCUT2D eigenvalue weighted by molar-refractivity contribution is 5.67. The molecule has 1 rings (SSSR count). The average molecular weight is 193 g/mol. The van der Waals surface area contributed by atoms with Crippen LogP contribution < -0.4 is 5.73 Å². The van der Waals surface area contributed by atoms with Crippen molar-refractivity contribution in [1.82, 2.24) is 0 Å². The molecule has 14 heavy (non-hydrogen) atoms. The molecule has 0 aliphatic heterocycles. The minimum absolute atomic E-state index is 0.284. The van der Waals surface area contributed by atoms with Crippen LogP contribution in [0.3, 0.4) is 0 Å². The van der Waals surface area contributed by atoms with Crippen molar-refractivity contribution in [2.24, 2.45) is 0 Å². The van der Waals surface area contributed by atoms with E-state index in [1.165, 1.54) is 6.92 Å². The molecule has 0 bridgehead atoms. The van der Waals surface area contributed by atoms with Gasteiger partial charge in [-0.1, -0.05) is 12.1 Å². The standard InChI is InChI=1S/C11H15NO2/c1-7-5-4-6-10(12)11(7)8(2)14-9(3)13/h4-6,8H,12H2,1-3H3. The van der Waals surface area contributed by atoms with Crippen molar-refractivity contribution in [1.29, 1.82) is 0 Å². The van der Waals surface area contributed by atoms with Gasteiger partial charge in [0.2, 0.25) is 0 Å². The summed E-state index contributed by atoms with van der Waals surface area (Å²) in [5, 5.41) is 0. The van der Waals surface area contributed by atoms with Gasteiger partial charge in [0.05, 0.1) is 0 Å². The second-order valence-corrected chi connectivity index (χ2v) is 3.33. The zero-order chi connectivity index (χ0) is 10.7. The summed E-state index contributed by atoms with van der Waals surface area (Å²) in [6.07, 6.45) is -0.284. The molecule has 3 heteroatoms. The molecule has 0 fully saturated rings. The topological polar surface area (TPSA) is 52.3 Å². The van der Waals surface area contributed by atoms with Crippen LogP contribution >= 0.6 is 0 Å². The van der Waals surface area contributed by atoms with E-state index in [2.05, 4.69) is 0 Å². The summed E-state index contributed by atoms with van der Waals surface area (Å²) in [6, 6.07) is 5.64. The zero-order valence-corrected chi connectivity index (χ0v) is 8.70. The van der Waals surface area contributed by atoms with Gasteiger partial charge in [-0.05, 0) is 25.5 Å². The molecule has 0 aliphatic carbocycles. The van der Waals surface area contributed by atoms with Gasteiger partial charge in [-0.3, -0.25) is 4.79 Å². The number of benzene rings is 1. The van der Waals surface area contributed by atoms with Crippen molar-refractivity contribution in [3.8, 4) is 0 Å². The van der Waals surface area contributed by atoms with Crippen molar-refractivity contribution in [2.45, 2.75) is 26.9 Å². The smallest absolute Gasteiger partial charge is 0.303 e. The van der Waals surface area contributed by atoms with E-state index in [9.17, 15) is 4.79 Å². The second-order valence-electron chi connectivity index (χ2n) is 3.33. The quantitative estimate of drug-likeness (QED) is 0.578. The monoisotopic (exact) mass is 193 g/mol. The van der Waals surface area contributed by atoms with Crippen molar-refractivity contribution in [3.63, 3.8) is 0 Å². The molecule has 0 radical (unpaired) electrons. The lowest BCUT2D eigenvalue weighted by Gasteiger charge is -2.16. The number of nitrogens with two attached hydrogens (primary N) is 1. The molecule has 0 saturated heterocycles. The summed E-state index contributed by atoms with van der Waals surface area (Å²) in [5.41, 5.74) is 8.40. The summed E-state index contributed by atoms with van der Waals surface area (Å²) in [4.78, 5) is 10.8. The number of nitrogen functional groups attached to an aromatic ring is 1. The van der Waals surface area contributed by atoms with E-state index in [1.807, 2.05) is 32.0 Å². The Kier molecular flexibility index (Phi) is 3.12. The number of carbonyl (C=O) groups is 1. The number of esters is 1. The number of ether oxygens (including phenoxy) is 1. The highest BCUT2D eigenvalue weighted by atomic mass is 16.5. The zero-order valence-electron chi connectivity index (χ0n) is 8.70. The molecule has 0 spiro atoms. The van der Waals surface area contributed by atoms with Crippen molar-refractivity contribution < 1.29 is 9.53 Å². The maximum atomic E-state index is 10.8. The fourth-order valence-corrected chi connectivity index (χ4v) is 1.57. The van der Waals surface area contributed by atoms with E-state index in [-0.39, 0.29) is 12.1 Å². The number of rotatable bonds is 2. The SMILES string of the molecule is CC(=O)OC(C)c1c(C)cccc1N. The van der Waals surface area contributed by atoms with Gasteiger partial charge in [0.25, 0.3) is 0 Å². The summed E-state index contributed by atoms with van der Waals surface area (Å²) < 4.78 is 5.08. The van der Waals surface area contributed by atoms with E-state index < -0.39 is 0 Å². The van der Waals surface area contributed by atoms with E-state index in [4.69, 9.17) is 10.5 Å². The normalized spacial score (nSPS) is 12.2. The Morgan fingerprint density at radius 2 is 2.14 bits per heavy atom. The first-order valence-corrected chi connectivity index (χ1v) is 4.54. The molecule has 0 amide bonds. The molecular formula is C11H15NO2. The van der Waals surface area contributed by atoms with Crippen LogP contribution in [0.5, 0.6) is 0 Å². The van der Waals surface area contributed by atoms with Gasteiger partial charge in [0.15, 0.2) is 0 Å². The summed E-state index contributed by atoms with van der Waals surface area (Å²) >= 11 is 0. The molecule has 1 unspecified atom stereocenters. The third-order valence-corrected chi connectivity index (χ3v) is 2.11. The molecule has 76 valence electrons. The van der Waals surface area contributed by atoms with Gasteiger partial charge < -0.3 is 10.5 Å². The number of aryl methyl sites for hydroxylation is 1. The second kappa shape index (κ2) is 4.13. The summed E-state index contributed by atoms with van der Waals surface area (Å²) in [5.74, 6) is -0.292. The largest absolute Gasteiger partial charge is 0.458 e. The molecule has 2 N–H and O–H groups in total. The van der Waals surface area contributed by atoms with E-state index >= 15 is 0 Å². The van der Waals surface area contributed by atoms with Crippen LogP contribution in [-0.4, -0.2) is 5.97 Å². The van der Waals surface area contributed by atoms with Crippen LogP contribution in [0.4, 0.5) is 5.69 Å². The third-order valence-electron chi connectivity index (χ3n) is 2.11. The van der Waals surface area contributed by atoms with Crippen LogP contribution in [0.1, 0.15) is 31.1 Å². The van der Waals surface area contributed by atoms with Gasteiger partial charge in [0, 0.05) is 18.2 Å². The molecule has 0 saturated carbocycles. The summed E-state index contributed by atoms with van der Waals surface area (Å²) in [7, 11) is 0. The fraction of sp³-hybridized carbons (Fsp3) is 0.364. The van der Waals surface area contributed by atoms with Crippen LogP contribution in [0, 0.1) is 6.92 Å². The predicted molar refractivity (Wildman–Crippen MR) is 55.8 cm³/mol. The van der Waals surface area contributed by atoms with Gasteiger partial charge in [-0.2, -0.15) is 0 Å². The predicted octanol–water partition coefficient (Wildman–Crippen LogP) is 2.20. The highest BCUT2D eigenvalue weighted by Gasteiger charge is 2.13. The minimum Gasteiger partial charge on any atom is -0.458 e. The van der Waals surface area contributed by atoms with Crippen molar-refractivity contribution >= 4 is 11.7 Å². The molecule has 0 aliphatic rings. The van der Waals surface area contributed by atoms with Crippen LogP contribution in [0.2, 0.25) is 0 Å². The first kappa shape index (κ1) is 10.6. The van der Waals surface area contributed by atoms with Crippen LogP contribution in [0.15, 0.2) is 18.2 Å². The van der Waals surface area contributed by atoms with E-state index in [0.29, 0.717) is 5.69 Å². The van der Waals surface area contributed by atoms with E-state index in [1.54, 1.807) is 0 Å². The molecule has 1 aromatic rings. The lowest BCUT2D eigenvalue weighted by atomic mass is 10.0. The fourth-order valence-electron chi connectivity index (χ4n) is 1.57. The molecule has 3 nitrogen and oxygen atoms in total. The Labute approximate surface area is 83.9 Å². The average Bonchev–Trinajstić information content (AvgIpc) is 2.01. The molecule has 0 heterocycles. The Bertz CT molecular complexity index is 327. The lowest BCUT2D eigenvalue weighted by molar-refractivity contribution is -0.145. The van der Waals surface area contributed by atoms with Gasteiger partial charge in [-0.25, -0.2) is 0 Å². The number of hydrogen-bond acceptors (Lipinski definition) is 3. The Balaban J connectivity index is 2.99. The van der Waals surface area contributed by atoms with Crippen LogP contribution in [0.25, 0.3) is 0 Å².